The van der Waals surface area contributed by atoms with Crippen molar-refractivity contribution in [3.63, 3.8) is 0 Å². The molecule has 4 aliphatic heterocycles. The van der Waals surface area contributed by atoms with Crippen LogP contribution in [0.2, 0.25) is 0 Å². The molecule has 0 spiro atoms. The number of nitrogens with zero attached hydrogens (tertiary/aromatic N) is 3. The van der Waals surface area contributed by atoms with Gasteiger partial charge in [-0.3, -0.25) is 19.3 Å². The van der Waals surface area contributed by atoms with Crippen molar-refractivity contribution in [1.82, 2.24) is 10.2 Å². The van der Waals surface area contributed by atoms with Crippen LogP contribution in [0.1, 0.15) is 81.1 Å². The summed E-state index contributed by atoms with van der Waals surface area (Å²) < 4.78 is 29.5. The lowest BCUT2D eigenvalue weighted by Crippen LogP contribution is -2.53. The first-order chi connectivity index (χ1) is 23.7. The fourth-order valence-corrected chi connectivity index (χ4v) is 7.54. The summed E-state index contributed by atoms with van der Waals surface area (Å²) in [6, 6.07) is 6.17. The van der Waals surface area contributed by atoms with E-state index in [9.17, 15) is 14.4 Å². The maximum Gasteiger partial charge on any atom is 0.270 e. The highest BCUT2D eigenvalue weighted by molar-refractivity contribution is 6.04. The standard InChI is InChI=1S/C38H58N4O8/c1-9-46-16-15-41-29-18-27(13-14-31(29)49-38(7,8)36(41)45)42(26-11-12-26)33(44)25-17-24(20-40(21-25)34-35(48-34)50-37(4,5)6)30(43)19-28-32(39-28)23(3)22-47-10-2/h13-14,18,23-26,28,32,34-35,39H,9-12,15-17,19-22H2,1-8H3/t23?,24-,25+,28?,32?,34?,35?/m0/s1. The molecule has 4 fully saturated rings. The predicted molar refractivity (Wildman–Crippen MR) is 189 cm³/mol. The molecule has 5 unspecified atom stereocenters. The van der Waals surface area contributed by atoms with Gasteiger partial charge < -0.3 is 38.8 Å². The predicted octanol–water partition coefficient (Wildman–Crippen LogP) is 4.13. The van der Waals surface area contributed by atoms with E-state index in [1.165, 1.54) is 0 Å². The number of Topliss-reactive ketones (excluding diaryl/α,β-unsaturated/α-hetero) is 1. The first-order valence-electron chi connectivity index (χ1n) is 18.7. The van der Waals surface area contributed by atoms with Gasteiger partial charge in [-0.15, -0.1) is 0 Å². The second kappa shape index (κ2) is 14.8. The number of benzene rings is 1. The highest BCUT2D eigenvalue weighted by Gasteiger charge is 2.52. The summed E-state index contributed by atoms with van der Waals surface area (Å²) in [6.45, 7) is 19.3. The first-order valence-corrected chi connectivity index (χ1v) is 18.7. The average Bonchev–Trinajstić information content (AvgIpc) is 3.94. The number of fused-ring (bicyclic) bond motifs is 1. The van der Waals surface area contributed by atoms with E-state index in [0.29, 0.717) is 76.3 Å². The number of likely N-dealkylation sites (tertiary alicyclic amines) is 1. The van der Waals surface area contributed by atoms with E-state index in [4.69, 9.17) is 23.7 Å². The molecule has 1 saturated carbocycles. The normalized spacial score (nSPS) is 29.6. The second-order valence-corrected chi connectivity index (χ2v) is 16.2. The van der Waals surface area contributed by atoms with Gasteiger partial charge in [0.15, 0.2) is 18.1 Å². The summed E-state index contributed by atoms with van der Waals surface area (Å²) in [6.07, 6.45) is 2.05. The monoisotopic (exact) mass is 698 g/mol. The molecule has 1 aromatic rings. The molecule has 12 heteroatoms. The Kier molecular flexibility index (Phi) is 11.0. The van der Waals surface area contributed by atoms with Crippen LogP contribution in [0.4, 0.5) is 11.4 Å². The Morgan fingerprint density at radius 2 is 1.82 bits per heavy atom. The molecule has 12 nitrogen and oxygen atoms in total. The number of ether oxygens (including phenoxy) is 5. The van der Waals surface area contributed by atoms with E-state index < -0.39 is 17.8 Å². The lowest BCUT2D eigenvalue weighted by atomic mass is 9.83. The van der Waals surface area contributed by atoms with Gasteiger partial charge in [-0.2, -0.15) is 0 Å². The molecular weight excluding hydrogens is 640 g/mol. The molecule has 278 valence electrons. The van der Waals surface area contributed by atoms with Crippen LogP contribution >= 0.6 is 0 Å². The zero-order chi connectivity index (χ0) is 36.0. The van der Waals surface area contributed by atoms with Crippen molar-refractivity contribution in [3.05, 3.63) is 18.2 Å². The summed E-state index contributed by atoms with van der Waals surface area (Å²) in [5, 5.41) is 3.50. The highest BCUT2D eigenvalue weighted by Crippen LogP contribution is 2.44. The van der Waals surface area contributed by atoms with E-state index in [-0.39, 0.29) is 53.5 Å². The highest BCUT2D eigenvalue weighted by atomic mass is 16.8. The molecular formula is C38H58N4O8. The van der Waals surface area contributed by atoms with E-state index in [1.807, 2.05) is 57.7 Å². The minimum atomic E-state index is -1.02. The molecule has 50 heavy (non-hydrogen) atoms. The molecule has 1 aromatic carbocycles. The fourth-order valence-electron chi connectivity index (χ4n) is 7.54. The molecule has 2 amide bonds. The van der Waals surface area contributed by atoms with Crippen LogP contribution in [0.3, 0.4) is 0 Å². The van der Waals surface area contributed by atoms with Gasteiger partial charge in [0.25, 0.3) is 5.91 Å². The molecule has 4 heterocycles. The number of rotatable bonds is 16. The largest absolute Gasteiger partial charge is 0.476 e. The molecule has 3 saturated heterocycles. The Bertz CT molecular complexity index is 1410. The maximum absolute atomic E-state index is 14.7. The summed E-state index contributed by atoms with van der Waals surface area (Å²) in [7, 11) is 0. The van der Waals surface area contributed by atoms with E-state index in [1.54, 1.807) is 18.7 Å². The number of amides is 2. The van der Waals surface area contributed by atoms with Crippen molar-refractivity contribution >= 4 is 29.0 Å². The van der Waals surface area contributed by atoms with E-state index in [0.717, 1.165) is 18.5 Å². The van der Waals surface area contributed by atoms with Crippen molar-refractivity contribution in [2.75, 3.05) is 55.9 Å². The Hall–Kier alpha value is -2.61. The number of nitrogens with one attached hydrogen (secondary N) is 1. The number of hydrogen-bond acceptors (Lipinski definition) is 10. The number of hydrogen-bond donors (Lipinski definition) is 1. The van der Waals surface area contributed by atoms with Gasteiger partial charge in [-0.05, 0) is 91.8 Å². The van der Waals surface area contributed by atoms with Crippen molar-refractivity contribution in [1.29, 1.82) is 0 Å². The molecule has 1 N–H and O–H groups in total. The molecule has 7 atom stereocenters. The third-order valence-electron chi connectivity index (χ3n) is 10.3. The Morgan fingerprint density at radius 1 is 1.10 bits per heavy atom. The Morgan fingerprint density at radius 3 is 2.50 bits per heavy atom. The van der Waals surface area contributed by atoms with Crippen molar-refractivity contribution in [2.45, 2.75) is 123 Å². The minimum Gasteiger partial charge on any atom is -0.476 e. The van der Waals surface area contributed by atoms with Gasteiger partial charge in [0.1, 0.15) is 11.5 Å². The van der Waals surface area contributed by atoms with Gasteiger partial charge in [0, 0.05) is 69.0 Å². The van der Waals surface area contributed by atoms with Gasteiger partial charge in [0.05, 0.1) is 30.4 Å². The Labute approximate surface area is 297 Å². The van der Waals surface area contributed by atoms with Crippen LogP contribution < -0.4 is 19.9 Å². The fraction of sp³-hybridized carbons (Fsp3) is 0.763. The molecule has 0 radical (unpaired) electrons. The Balaban J connectivity index is 1.22. The van der Waals surface area contributed by atoms with Gasteiger partial charge in [0.2, 0.25) is 5.91 Å². The lowest BCUT2D eigenvalue weighted by molar-refractivity contribution is -0.133. The number of carbonyl (C=O) groups is 3. The van der Waals surface area contributed by atoms with Crippen LogP contribution in [-0.4, -0.2) is 110 Å². The zero-order valence-corrected chi connectivity index (χ0v) is 31.2. The zero-order valence-electron chi connectivity index (χ0n) is 31.2. The topological polar surface area (TPSA) is 132 Å². The molecule has 0 bridgehead atoms. The summed E-state index contributed by atoms with van der Waals surface area (Å²) in [5.41, 5.74) is -0.0201. The average molecular weight is 699 g/mol. The summed E-state index contributed by atoms with van der Waals surface area (Å²) in [4.78, 5) is 47.9. The van der Waals surface area contributed by atoms with Crippen LogP contribution in [-0.2, 0) is 33.3 Å². The third kappa shape index (κ3) is 8.53. The molecule has 5 aliphatic rings. The van der Waals surface area contributed by atoms with Gasteiger partial charge >= 0.3 is 0 Å². The molecule has 1 aliphatic carbocycles. The third-order valence-corrected chi connectivity index (χ3v) is 10.3. The number of ketones is 1. The van der Waals surface area contributed by atoms with Crippen LogP contribution in [0.15, 0.2) is 18.2 Å². The van der Waals surface area contributed by atoms with E-state index in [2.05, 4.69) is 17.1 Å². The quantitative estimate of drug-likeness (QED) is 0.199. The maximum atomic E-state index is 14.7. The van der Waals surface area contributed by atoms with Crippen molar-refractivity contribution in [3.8, 4) is 5.75 Å². The number of carbonyl (C=O) groups excluding carboxylic acids is 3. The smallest absolute Gasteiger partial charge is 0.270 e. The van der Waals surface area contributed by atoms with Crippen LogP contribution in [0.25, 0.3) is 0 Å². The first kappa shape index (κ1) is 37.2. The van der Waals surface area contributed by atoms with Crippen molar-refractivity contribution in [2.24, 2.45) is 17.8 Å². The van der Waals surface area contributed by atoms with Gasteiger partial charge in [-0.25, -0.2) is 0 Å². The number of piperidine rings is 1. The van der Waals surface area contributed by atoms with Crippen LogP contribution in [0, 0.1) is 17.8 Å². The molecule has 6 rings (SSSR count). The van der Waals surface area contributed by atoms with E-state index >= 15 is 0 Å². The summed E-state index contributed by atoms with van der Waals surface area (Å²) >= 11 is 0. The number of epoxide rings is 1. The summed E-state index contributed by atoms with van der Waals surface area (Å²) in [5.74, 6) is 0.262. The van der Waals surface area contributed by atoms with Crippen molar-refractivity contribution < 1.29 is 38.1 Å². The minimum absolute atomic E-state index is 0.000834. The lowest BCUT2D eigenvalue weighted by Gasteiger charge is -2.40. The SMILES string of the molecule is CCOCCN1C(=O)C(C)(C)Oc2ccc(N(C(=O)[C@@H]3C[C@H](C(=O)CC4NC4C(C)COCC)CN(C4OC4OC(C)(C)C)C3)C3CC3)cc21. The molecule has 0 aromatic heterocycles. The number of anilines is 2. The van der Waals surface area contributed by atoms with Crippen LogP contribution in [0.5, 0.6) is 5.75 Å². The van der Waals surface area contributed by atoms with Gasteiger partial charge in [-0.1, -0.05) is 6.92 Å². The second-order valence-electron chi connectivity index (χ2n) is 16.2.